The van der Waals surface area contributed by atoms with Crippen LogP contribution in [0.2, 0.25) is 0 Å². The lowest BCUT2D eigenvalue weighted by atomic mass is 10.3. The van der Waals surface area contributed by atoms with Crippen LogP contribution >= 0.6 is 0 Å². The summed E-state index contributed by atoms with van der Waals surface area (Å²) in [6, 6.07) is 7.71. The summed E-state index contributed by atoms with van der Waals surface area (Å²) < 4.78 is 8.74. The Labute approximate surface area is 129 Å². The molecule has 0 radical (unpaired) electrons. The number of nitrogens with zero attached hydrogens (tertiary/aromatic N) is 3. The number of rotatable bonds is 5. The number of carbonyl (C=O) groups excluding carboxylic acids is 2. The van der Waals surface area contributed by atoms with Gasteiger partial charge in [0.15, 0.2) is 0 Å². The van der Waals surface area contributed by atoms with Gasteiger partial charge in [0.25, 0.3) is 0 Å². The second-order valence-corrected chi connectivity index (χ2v) is 4.96. The van der Waals surface area contributed by atoms with Crippen LogP contribution in [0.15, 0.2) is 29.3 Å². The number of hydrogen-bond donors (Lipinski definition) is 0. The number of para-hydroxylation sites is 2. The molecule has 2 rings (SSSR count). The van der Waals surface area contributed by atoms with Crippen molar-refractivity contribution in [2.45, 2.75) is 40.3 Å². The van der Waals surface area contributed by atoms with Crippen molar-refractivity contribution in [2.24, 2.45) is 4.99 Å². The van der Waals surface area contributed by atoms with E-state index < -0.39 is 0 Å². The van der Waals surface area contributed by atoms with Crippen LogP contribution in [0.4, 0.5) is 0 Å². The number of benzene rings is 1. The molecular weight excluding hydrogens is 282 g/mol. The lowest BCUT2D eigenvalue weighted by Crippen LogP contribution is -2.30. The molecule has 0 bridgehead atoms. The molecule has 0 spiro atoms. The first kappa shape index (κ1) is 16.0. The van der Waals surface area contributed by atoms with Crippen molar-refractivity contribution in [3.8, 4) is 0 Å². The predicted octanol–water partition coefficient (Wildman–Crippen LogP) is 1.86. The molecule has 0 saturated carbocycles. The third kappa shape index (κ3) is 3.27. The van der Waals surface area contributed by atoms with Crippen LogP contribution in [0.1, 0.15) is 27.2 Å². The third-order valence-corrected chi connectivity index (χ3v) is 3.24. The van der Waals surface area contributed by atoms with Gasteiger partial charge < -0.3 is 9.30 Å². The van der Waals surface area contributed by atoms with Crippen LogP contribution in [0.25, 0.3) is 11.0 Å². The molecule has 0 fully saturated rings. The van der Waals surface area contributed by atoms with Gasteiger partial charge >= 0.3 is 5.97 Å². The molecule has 1 aromatic carbocycles. The summed E-state index contributed by atoms with van der Waals surface area (Å²) in [4.78, 5) is 27.5. The summed E-state index contributed by atoms with van der Waals surface area (Å²) in [5.74, 6) is -0.635. The second-order valence-electron chi connectivity index (χ2n) is 4.96. The van der Waals surface area contributed by atoms with Gasteiger partial charge in [0.2, 0.25) is 11.5 Å². The molecule has 118 valence electrons. The third-order valence-electron chi connectivity index (χ3n) is 3.24. The van der Waals surface area contributed by atoms with Gasteiger partial charge in [-0.05, 0) is 25.5 Å². The standard InChI is InChI=1S/C16H21N3O3/c1-4-10-18-13-8-6-7-9-14(13)19(11-15(21)22-5-2)16(18)17-12(3)20/h6-9H,4-5,10-11H2,1-3H3. The smallest absolute Gasteiger partial charge is 0.326 e. The fourth-order valence-corrected chi connectivity index (χ4v) is 2.48. The van der Waals surface area contributed by atoms with Gasteiger partial charge in [0, 0.05) is 13.5 Å². The quantitative estimate of drug-likeness (QED) is 0.792. The number of aryl methyl sites for hydroxylation is 1. The zero-order chi connectivity index (χ0) is 16.1. The van der Waals surface area contributed by atoms with Crippen molar-refractivity contribution in [3.05, 3.63) is 29.9 Å². The monoisotopic (exact) mass is 303 g/mol. The topological polar surface area (TPSA) is 65.6 Å². The summed E-state index contributed by atoms with van der Waals surface area (Å²) in [7, 11) is 0. The molecule has 0 atom stereocenters. The maximum absolute atomic E-state index is 11.9. The fraction of sp³-hybridized carbons (Fsp3) is 0.438. The Morgan fingerprint density at radius 1 is 1.14 bits per heavy atom. The summed E-state index contributed by atoms with van der Waals surface area (Å²) in [6.45, 7) is 6.32. The van der Waals surface area contributed by atoms with Crippen molar-refractivity contribution >= 4 is 22.9 Å². The van der Waals surface area contributed by atoms with E-state index in [0.29, 0.717) is 12.2 Å². The Hall–Kier alpha value is -2.37. The molecule has 22 heavy (non-hydrogen) atoms. The molecule has 6 heteroatoms. The van der Waals surface area contributed by atoms with E-state index in [-0.39, 0.29) is 18.4 Å². The van der Waals surface area contributed by atoms with Gasteiger partial charge in [-0.2, -0.15) is 4.99 Å². The number of imidazole rings is 1. The molecule has 1 heterocycles. The van der Waals surface area contributed by atoms with E-state index >= 15 is 0 Å². The SMILES string of the molecule is CCCn1c(=NC(C)=O)n(CC(=O)OCC)c2ccccc21. The lowest BCUT2D eigenvalue weighted by Gasteiger charge is -2.05. The Bertz CT molecular complexity index is 756. The minimum atomic E-state index is -0.341. The van der Waals surface area contributed by atoms with Crippen molar-refractivity contribution in [3.63, 3.8) is 0 Å². The average Bonchev–Trinajstić information content (AvgIpc) is 2.74. The van der Waals surface area contributed by atoms with E-state index in [4.69, 9.17) is 4.74 Å². The van der Waals surface area contributed by atoms with Crippen LogP contribution in [-0.4, -0.2) is 27.6 Å². The van der Waals surface area contributed by atoms with Crippen LogP contribution in [-0.2, 0) is 27.4 Å². The average molecular weight is 303 g/mol. The summed E-state index contributed by atoms with van der Waals surface area (Å²) in [5.41, 5.74) is 2.31. The van der Waals surface area contributed by atoms with Crippen LogP contribution in [0.5, 0.6) is 0 Å². The number of amides is 1. The van der Waals surface area contributed by atoms with Gasteiger partial charge in [-0.1, -0.05) is 19.1 Å². The van der Waals surface area contributed by atoms with E-state index in [9.17, 15) is 9.59 Å². The molecule has 0 aliphatic carbocycles. The van der Waals surface area contributed by atoms with E-state index in [1.54, 1.807) is 11.5 Å². The van der Waals surface area contributed by atoms with Crippen LogP contribution < -0.4 is 5.62 Å². The number of esters is 1. The molecule has 0 aliphatic heterocycles. The molecule has 0 N–H and O–H groups in total. The molecular formula is C16H21N3O3. The lowest BCUT2D eigenvalue weighted by molar-refractivity contribution is -0.143. The van der Waals surface area contributed by atoms with Crippen LogP contribution in [0, 0.1) is 0 Å². The molecule has 0 unspecified atom stereocenters. The first-order valence-corrected chi connectivity index (χ1v) is 7.47. The second kappa shape index (κ2) is 7.06. The van der Waals surface area contributed by atoms with Crippen molar-refractivity contribution < 1.29 is 14.3 Å². The van der Waals surface area contributed by atoms with E-state index in [1.807, 2.05) is 28.8 Å². The molecule has 1 aromatic heterocycles. The Morgan fingerprint density at radius 2 is 1.77 bits per heavy atom. The first-order chi connectivity index (χ1) is 10.6. The van der Waals surface area contributed by atoms with Gasteiger partial charge in [0.1, 0.15) is 6.54 Å². The number of ether oxygens (including phenoxy) is 1. The molecule has 6 nitrogen and oxygen atoms in total. The van der Waals surface area contributed by atoms with Gasteiger partial charge in [-0.25, -0.2) is 0 Å². The normalized spacial score (nSPS) is 11.9. The first-order valence-electron chi connectivity index (χ1n) is 7.47. The summed E-state index contributed by atoms with van der Waals surface area (Å²) >= 11 is 0. The molecule has 1 amide bonds. The van der Waals surface area contributed by atoms with Crippen molar-refractivity contribution in [2.75, 3.05) is 6.61 Å². The highest BCUT2D eigenvalue weighted by molar-refractivity contribution is 5.79. The maximum Gasteiger partial charge on any atom is 0.326 e. The van der Waals surface area contributed by atoms with Crippen molar-refractivity contribution in [1.29, 1.82) is 0 Å². The minimum Gasteiger partial charge on any atom is -0.465 e. The van der Waals surface area contributed by atoms with E-state index in [0.717, 1.165) is 24.0 Å². The van der Waals surface area contributed by atoms with Gasteiger partial charge in [-0.3, -0.25) is 14.2 Å². The molecule has 0 aliphatic rings. The minimum absolute atomic E-state index is 0.0389. The highest BCUT2D eigenvalue weighted by atomic mass is 16.5. The molecule has 2 aromatic rings. The molecule has 0 saturated heterocycles. The van der Waals surface area contributed by atoms with Gasteiger partial charge in [0.05, 0.1) is 17.6 Å². The number of aromatic nitrogens is 2. The maximum atomic E-state index is 11.9. The van der Waals surface area contributed by atoms with Crippen LogP contribution in [0.3, 0.4) is 0 Å². The Balaban J connectivity index is 2.70. The Kier molecular flexibility index (Phi) is 5.14. The largest absolute Gasteiger partial charge is 0.465 e. The van der Waals surface area contributed by atoms with Crippen molar-refractivity contribution in [1.82, 2.24) is 9.13 Å². The van der Waals surface area contributed by atoms with Gasteiger partial charge in [-0.15, -0.1) is 0 Å². The number of carbonyl (C=O) groups is 2. The zero-order valence-corrected chi connectivity index (χ0v) is 13.2. The van der Waals surface area contributed by atoms with E-state index in [1.165, 1.54) is 6.92 Å². The highest BCUT2D eigenvalue weighted by Gasteiger charge is 2.14. The zero-order valence-electron chi connectivity index (χ0n) is 13.2. The fourth-order valence-electron chi connectivity index (χ4n) is 2.48. The van der Waals surface area contributed by atoms with E-state index in [2.05, 4.69) is 11.9 Å². The summed E-state index contributed by atoms with van der Waals surface area (Å²) in [5, 5.41) is 0. The Morgan fingerprint density at radius 3 is 2.32 bits per heavy atom. The predicted molar refractivity (Wildman–Crippen MR) is 83.1 cm³/mol. The number of hydrogen-bond acceptors (Lipinski definition) is 3. The highest BCUT2D eigenvalue weighted by Crippen LogP contribution is 2.13. The number of fused-ring (bicyclic) bond motifs is 1. The summed E-state index contributed by atoms with van der Waals surface area (Å²) in [6.07, 6.45) is 0.901.